The number of hydrogen-bond donors (Lipinski definition) is 2. The number of aromatic nitrogens is 2. The molecule has 4 nitrogen and oxygen atoms in total. The first kappa shape index (κ1) is 11.4. The molecule has 2 bridgehead atoms. The van der Waals surface area contributed by atoms with Crippen molar-refractivity contribution >= 4 is 5.65 Å². The Morgan fingerprint density at radius 1 is 1.26 bits per heavy atom. The lowest BCUT2D eigenvalue weighted by Gasteiger charge is -2.45. The molecular weight excluding hydrogens is 238 g/mol. The average Bonchev–Trinajstić information content (AvgIpc) is 2.85. The Balaban J connectivity index is 1.72. The van der Waals surface area contributed by atoms with Crippen molar-refractivity contribution in [1.29, 1.82) is 0 Å². The van der Waals surface area contributed by atoms with E-state index in [4.69, 9.17) is 0 Å². The molecule has 100 valence electrons. The Morgan fingerprint density at radius 2 is 2.05 bits per heavy atom. The third-order valence-corrected chi connectivity index (χ3v) is 4.68. The van der Waals surface area contributed by atoms with Crippen molar-refractivity contribution in [3.63, 3.8) is 0 Å². The van der Waals surface area contributed by atoms with E-state index >= 15 is 0 Å². The van der Waals surface area contributed by atoms with Crippen molar-refractivity contribution in [3.8, 4) is 0 Å². The highest BCUT2D eigenvalue weighted by Crippen LogP contribution is 2.39. The van der Waals surface area contributed by atoms with E-state index in [0.29, 0.717) is 12.1 Å². The zero-order chi connectivity index (χ0) is 12.9. The molecule has 2 unspecified atom stereocenters. The second kappa shape index (κ2) is 4.05. The molecule has 2 aliphatic heterocycles. The molecule has 2 N–H and O–H groups in total. The summed E-state index contributed by atoms with van der Waals surface area (Å²) in [6.07, 6.45) is 11.0. The first-order valence-corrected chi connectivity index (χ1v) is 7.15. The van der Waals surface area contributed by atoms with Crippen molar-refractivity contribution in [2.75, 3.05) is 0 Å². The smallest absolute Gasteiger partial charge is 0.137 e. The number of imidazole rings is 1. The summed E-state index contributed by atoms with van der Waals surface area (Å²) in [4.78, 5) is 4.31. The molecule has 0 spiro atoms. The van der Waals surface area contributed by atoms with Gasteiger partial charge in [-0.2, -0.15) is 0 Å². The minimum atomic E-state index is -0.686. The van der Waals surface area contributed by atoms with Crippen LogP contribution in [-0.2, 0) is 5.60 Å². The summed E-state index contributed by atoms with van der Waals surface area (Å²) in [6, 6.07) is 5.00. The van der Waals surface area contributed by atoms with Crippen molar-refractivity contribution in [3.05, 3.63) is 36.3 Å². The fourth-order valence-electron chi connectivity index (χ4n) is 3.77. The van der Waals surface area contributed by atoms with Gasteiger partial charge in [0.2, 0.25) is 0 Å². The molecule has 4 heterocycles. The number of aliphatic hydroxyl groups is 1. The van der Waals surface area contributed by atoms with Crippen molar-refractivity contribution in [2.45, 2.75) is 49.8 Å². The highest BCUT2D eigenvalue weighted by molar-refractivity contribution is 5.43. The Hall–Kier alpha value is -1.39. The third kappa shape index (κ3) is 1.86. The average molecular weight is 257 g/mol. The van der Waals surface area contributed by atoms with Crippen LogP contribution in [0.3, 0.4) is 0 Å². The number of fused-ring (bicyclic) bond motifs is 3. The minimum Gasteiger partial charge on any atom is -0.385 e. The Morgan fingerprint density at radius 3 is 2.84 bits per heavy atom. The van der Waals surface area contributed by atoms with Crippen LogP contribution >= 0.6 is 0 Å². The van der Waals surface area contributed by atoms with Gasteiger partial charge in [-0.25, -0.2) is 4.98 Å². The van der Waals surface area contributed by atoms with E-state index in [1.54, 1.807) is 6.20 Å². The predicted molar refractivity (Wildman–Crippen MR) is 72.9 cm³/mol. The molecule has 4 heteroatoms. The van der Waals surface area contributed by atoms with E-state index in [-0.39, 0.29) is 0 Å². The van der Waals surface area contributed by atoms with Gasteiger partial charge in [0.25, 0.3) is 0 Å². The first-order valence-electron chi connectivity index (χ1n) is 7.15. The number of pyridine rings is 1. The molecular formula is C15H19N3O. The molecule has 2 fully saturated rings. The Bertz CT molecular complexity index is 594. The maximum atomic E-state index is 11.1. The predicted octanol–water partition coefficient (Wildman–Crippen LogP) is 1.83. The molecule has 2 aliphatic rings. The maximum absolute atomic E-state index is 11.1. The lowest BCUT2D eigenvalue weighted by Crippen LogP contribution is -2.54. The Kier molecular flexibility index (Phi) is 2.44. The summed E-state index contributed by atoms with van der Waals surface area (Å²) >= 11 is 0. The molecule has 2 atom stereocenters. The lowest BCUT2D eigenvalue weighted by molar-refractivity contribution is -0.0358. The zero-order valence-electron chi connectivity index (χ0n) is 10.9. The molecule has 19 heavy (non-hydrogen) atoms. The third-order valence-electron chi connectivity index (χ3n) is 4.68. The second-order valence-electron chi connectivity index (χ2n) is 6.04. The summed E-state index contributed by atoms with van der Waals surface area (Å²) in [7, 11) is 0. The summed E-state index contributed by atoms with van der Waals surface area (Å²) in [5.41, 5.74) is 1.24. The van der Waals surface area contributed by atoms with E-state index in [1.807, 2.05) is 28.9 Å². The van der Waals surface area contributed by atoms with E-state index < -0.39 is 5.60 Å². The van der Waals surface area contributed by atoms with Crippen molar-refractivity contribution < 1.29 is 5.11 Å². The van der Waals surface area contributed by atoms with Gasteiger partial charge in [-0.1, -0.05) is 6.42 Å². The van der Waals surface area contributed by atoms with Gasteiger partial charge in [-0.15, -0.1) is 0 Å². The topological polar surface area (TPSA) is 49.6 Å². The van der Waals surface area contributed by atoms with E-state index in [2.05, 4.69) is 10.3 Å². The van der Waals surface area contributed by atoms with Crippen LogP contribution in [0.1, 0.15) is 37.7 Å². The van der Waals surface area contributed by atoms with E-state index in [9.17, 15) is 5.11 Å². The normalized spacial score (nSPS) is 34.6. The van der Waals surface area contributed by atoms with Crippen LogP contribution in [0.5, 0.6) is 0 Å². The molecule has 0 saturated carbocycles. The van der Waals surface area contributed by atoms with Crippen LogP contribution in [0.25, 0.3) is 5.65 Å². The van der Waals surface area contributed by atoms with Crippen LogP contribution in [0, 0.1) is 0 Å². The maximum Gasteiger partial charge on any atom is 0.137 e. The molecule has 2 aromatic heterocycles. The van der Waals surface area contributed by atoms with Gasteiger partial charge in [-0.05, 0) is 43.4 Å². The standard InChI is InChI=1S/C15H19N3O/c19-15(9-12-2-1-3-13(10-15)17-12)11-4-6-18-7-5-16-14(18)8-11/h4-8,12-13,17,19H,1-3,9-10H2. The van der Waals surface area contributed by atoms with Gasteiger partial charge < -0.3 is 14.8 Å². The molecule has 0 amide bonds. The molecule has 2 saturated heterocycles. The van der Waals surface area contributed by atoms with Crippen LogP contribution < -0.4 is 5.32 Å². The largest absolute Gasteiger partial charge is 0.385 e. The van der Waals surface area contributed by atoms with Crippen LogP contribution in [-0.4, -0.2) is 26.6 Å². The molecule has 0 radical (unpaired) electrons. The van der Waals surface area contributed by atoms with Crippen LogP contribution in [0.2, 0.25) is 0 Å². The molecule has 4 rings (SSSR count). The summed E-state index contributed by atoms with van der Waals surface area (Å²) in [5, 5.41) is 14.7. The summed E-state index contributed by atoms with van der Waals surface area (Å²) < 4.78 is 1.98. The van der Waals surface area contributed by atoms with E-state index in [1.165, 1.54) is 19.3 Å². The van der Waals surface area contributed by atoms with Gasteiger partial charge in [0, 0.05) is 30.7 Å². The Labute approximate surface area is 112 Å². The molecule has 0 aromatic carbocycles. The molecule has 2 aromatic rings. The van der Waals surface area contributed by atoms with Gasteiger partial charge in [0.05, 0.1) is 5.60 Å². The monoisotopic (exact) mass is 257 g/mol. The highest BCUT2D eigenvalue weighted by Gasteiger charge is 2.41. The second-order valence-corrected chi connectivity index (χ2v) is 6.04. The lowest BCUT2D eigenvalue weighted by atomic mass is 9.74. The number of nitrogens with one attached hydrogen (secondary N) is 1. The fraction of sp³-hybridized carbons (Fsp3) is 0.533. The quantitative estimate of drug-likeness (QED) is 0.819. The van der Waals surface area contributed by atoms with E-state index in [0.717, 1.165) is 24.1 Å². The minimum absolute atomic E-state index is 0.466. The van der Waals surface area contributed by atoms with Gasteiger partial charge in [-0.3, -0.25) is 0 Å². The fourth-order valence-corrected chi connectivity index (χ4v) is 3.77. The van der Waals surface area contributed by atoms with Crippen molar-refractivity contribution in [1.82, 2.24) is 14.7 Å². The van der Waals surface area contributed by atoms with Gasteiger partial charge >= 0.3 is 0 Å². The summed E-state index contributed by atoms with van der Waals surface area (Å²) in [5.74, 6) is 0. The zero-order valence-corrected chi connectivity index (χ0v) is 10.9. The summed E-state index contributed by atoms with van der Waals surface area (Å²) in [6.45, 7) is 0. The highest BCUT2D eigenvalue weighted by atomic mass is 16.3. The van der Waals surface area contributed by atoms with Crippen LogP contribution in [0.4, 0.5) is 0 Å². The van der Waals surface area contributed by atoms with Gasteiger partial charge in [0.15, 0.2) is 0 Å². The van der Waals surface area contributed by atoms with Crippen LogP contribution in [0.15, 0.2) is 30.7 Å². The number of rotatable bonds is 1. The van der Waals surface area contributed by atoms with Gasteiger partial charge in [0.1, 0.15) is 5.65 Å². The SMILES string of the molecule is OC1(c2ccn3ccnc3c2)CC2CCCC(C1)N2. The first-order chi connectivity index (χ1) is 9.23. The number of nitrogens with zero attached hydrogens (tertiary/aromatic N) is 2. The number of hydrogen-bond acceptors (Lipinski definition) is 3. The molecule has 0 aliphatic carbocycles. The van der Waals surface area contributed by atoms with Crippen molar-refractivity contribution in [2.24, 2.45) is 0 Å². The number of piperidine rings is 2.